The van der Waals surface area contributed by atoms with Gasteiger partial charge >= 0.3 is 0 Å². The summed E-state index contributed by atoms with van der Waals surface area (Å²) in [4.78, 5) is 20.3. The van der Waals surface area contributed by atoms with Gasteiger partial charge in [-0.15, -0.1) is 0 Å². The highest BCUT2D eigenvalue weighted by molar-refractivity contribution is 5.79. The zero-order valence-electron chi connectivity index (χ0n) is 18.6. The van der Waals surface area contributed by atoms with E-state index in [4.69, 9.17) is 9.72 Å². The van der Waals surface area contributed by atoms with Gasteiger partial charge in [-0.25, -0.2) is 4.98 Å². The van der Waals surface area contributed by atoms with E-state index in [1.54, 1.807) is 7.11 Å². The van der Waals surface area contributed by atoms with Crippen molar-refractivity contribution >= 4 is 11.6 Å². The van der Waals surface area contributed by atoms with Crippen LogP contribution in [0.25, 0.3) is 5.65 Å². The number of hydrogen-bond acceptors (Lipinski definition) is 4. The molecule has 3 aromatic rings. The second-order valence-corrected chi connectivity index (χ2v) is 9.22. The number of aliphatic hydroxyl groups is 1. The maximum absolute atomic E-state index is 13.3. The van der Waals surface area contributed by atoms with Crippen LogP contribution in [-0.2, 0) is 14.9 Å². The van der Waals surface area contributed by atoms with Crippen LogP contribution in [0.5, 0.6) is 0 Å². The quantitative estimate of drug-likeness (QED) is 0.685. The number of likely N-dealkylation sites (tertiary alicyclic amines) is 1. The number of aliphatic hydroxyl groups excluding tert-OH is 1. The molecule has 32 heavy (non-hydrogen) atoms. The highest BCUT2D eigenvalue weighted by atomic mass is 16.5. The summed E-state index contributed by atoms with van der Waals surface area (Å²) in [6.45, 7) is 1.41. The number of pyridine rings is 1. The fraction of sp³-hybridized carbons (Fsp3) is 0.462. The van der Waals surface area contributed by atoms with E-state index in [0.29, 0.717) is 25.9 Å². The van der Waals surface area contributed by atoms with Gasteiger partial charge in [0.05, 0.1) is 17.9 Å². The van der Waals surface area contributed by atoms with E-state index in [1.807, 2.05) is 35.4 Å². The van der Waals surface area contributed by atoms with Crippen LogP contribution in [0.3, 0.4) is 0 Å². The standard InChI is InChI=1S/C26H31N3O3/c1-32-22-17-19(10-11-21(22)30)25(31)28-15-12-26(13-16-28,20-7-3-2-4-8-20)23-18-29-14-6-5-9-24(29)27-23/h2-9,14,18-19,21-22,30H,10-13,15-17H2,1H3/t19-,21+,22-/m0/s1. The van der Waals surface area contributed by atoms with Gasteiger partial charge in [0.1, 0.15) is 5.65 Å². The van der Waals surface area contributed by atoms with Gasteiger partial charge in [0.2, 0.25) is 5.91 Å². The maximum atomic E-state index is 13.3. The lowest BCUT2D eigenvalue weighted by atomic mass is 9.70. The van der Waals surface area contributed by atoms with Crippen molar-refractivity contribution < 1.29 is 14.6 Å². The number of methoxy groups -OCH3 is 1. The molecule has 3 heterocycles. The normalized spacial score (nSPS) is 25.7. The molecule has 0 radical (unpaired) electrons. The fourth-order valence-corrected chi connectivity index (χ4v) is 5.57. The maximum Gasteiger partial charge on any atom is 0.225 e. The van der Waals surface area contributed by atoms with Crippen LogP contribution in [0.4, 0.5) is 0 Å². The van der Waals surface area contributed by atoms with E-state index in [9.17, 15) is 9.90 Å². The van der Waals surface area contributed by atoms with Gasteiger partial charge in [0.15, 0.2) is 0 Å². The minimum atomic E-state index is -0.466. The predicted molar refractivity (Wildman–Crippen MR) is 122 cm³/mol. The van der Waals surface area contributed by atoms with Crippen molar-refractivity contribution in [2.75, 3.05) is 20.2 Å². The van der Waals surface area contributed by atoms with Crippen molar-refractivity contribution in [1.82, 2.24) is 14.3 Å². The Morgan fingerprint density at radius 3 is 2.56 bits per heavy atom. The number of hydrogen-bond donors (Lipinski definition) is 1. The topological polar surface area (TPSA) is 67.1 Å². The lowest BCUT2D eigenvalue weighted by molar-refractivity contribution is -0.142. The van der Waals surface area contributed by atoms with Gasteiger partial charge in [0, 0.05) is 43.9 Å². The van der Waals surface area contributed by atoms with E-state index in [2.05, 4.69) is 34.9 Å². The molecule has 6 nitrogen and oxygen atoms in total. The minimum absolute atomic E-state index is 0.0669. The van der Waals surface area contributed by atoms with E-state index in [-0.39, 0.29) is 23.3 Å². The van der Waals surface area contributed by atoms with E-state index in [1.165, 1.54) is 5.56 Å². The van der Waals surface area contributed by atoms with Crippen LogP contribution >= 0.6 is 0 Å². The fourth-order valence-electron chi connectivity index (χ4n) is 5.57. The molecule has 6 heteroatoms. The number of amides is 1. The Morgan fingerprint density at radius 1 is 1.09 bits per heavy atom. The van der Waals surface area contributed by atoms with Crippen molar-refractivity contribution in [2.45, 2.75) is 49.7 Å². The van der Waals surface area contributed by atoms with E-state index < -0.39 is 6.10 Å². The van der Waals surface area contributed by atoms with E-state index >= 15 is 0 Å². The Morgan fingerprint density at radius 2 is 1.84 bits per heavy atom. The minimum Gasteiger partial charge on any atom is -0.390 e. The van der Waals surface area contributed by atoms with Gasteiger partial charge < -0.3 is 19.1 Å². The van der Waals surface area contributed by atoms with Crippen molar-refractivity contribution in [3.8, 4) is 0 Å². The summed E-state index contributed by atoms with van der Waals surface area (Å²) in [6, 6.07) is 16.7. The smallest absolute Gasteiger partial charge is 0.225 e. The second kappa shape index (κ2) is 8.68. The molecule has 0 spiro atoms. The van der Waals surface area contributed by atoms with Crippen molar-refractivity contribution in [3.63, 3.8) is 0 Å². The Kier molecular flexibility index (Phi) is 5.74. The molecular formula is C26H31N3O3. The van der Waals surface area contributed by atoms with Crippen LogP contribution in [0.15, 0.2) is 60.9 Å². The average molecular weight is 434 g/mol. The SMILES string of the molecule is CO[C@H]1C[C@@H](C(=O)N2CCC(c3ccccc3)(c3cn4ccccc4n3)CC2)CC[C@H]1O. The summed E-state index contributed by atoms with van der Waals surface area (Å²) < 4.78 is 7.50. The zero-order chi connectivity index (χ0) is 22.1. The first-order chi connectivity index (χ1) is 15.6. The number of aromatic nitrogens is 2. The van der Waals surface area contributed by atoms with Gasteiger partial charge in [-0.2, -0.15) is 0 Å². The van der Waals surface area contributed by atoms with Gasteiger partial charge in [-0.05, 0) is 49.8 Å². The number of benzene rings is 1. The van der Waals surface area contributed by atoms with Gasteiger partial charge in [-0.1, -0.05) is 36.4 Å². The van der Waals surface area contributed by atoms with Gasteiger partial charge in [-0.3, -0.25) is 4.79 Å². The summed E-state index contributed by atoms with van der Waals surface area (Å²) in [7, 11) is 1.62. The number of ether oxygens (including phenoxy) is 1. The first kappa shape index (κ1) is 21.2. The van der Waals surface area contributed by atoms with Crippen molar-refractivity contribution in [1.29, 1.82) is 0 Å². The zero-order valence-corrected chi connectivity index (χ0v) is 18.6. The molecule has 1 aliphatic carbocycles. The summed E-state index contributed by atoms with van der Waals surface area (Å²) >= 11 is 0. The number of carbonyl (C=O) groups excluding carboxylic acids is 1. The van der Waals surface area contributed by atoms with Crippen molar-refractivity contribution in [2.24, 2.45) is 5.92 Å². The molecule has 0 unspecified atom stereocenters. The van der Waals surface area contributed by atoms with Crippen LogP contribution in [0.2, 0.25) is 0 Å². The summed E-state index contributed by atoms with van der Waals surface area (Å²) in [5, 5.41) is 10.1. The number of fused-ring (bicyclic) bond motifs is 1. The number of imidazole rings is 1. The van der Waals surface area contributed by atoms with Crippen LogP contribution in [-0.4, -0.2) is 57.7 Å². The number of carbonyl (C=O) groups is 1. The third-order valence-electron chi connectivity index (χ3n) is 7.52. The molecule has 2 aliphatic rings. The lowest BCUT2D eigenvalue weighted by Crippen LogP contribution is -2.49. The monoisotopic (exact) mass is 433 g/mol. The van der Waals surface area contributed by atoms with Crippen molar-refractivity contribution in [3.05, 3.63) is 72.2 Å². The molecule has 1 amide bonds. The third kappa shape index (κ3) is 3.71. The molecule has 1 aliphatic heterocycles. The molecule has 1 aromatic carbocycles. The highest BCUT2D eigenvalue weighted by Crippen LogP contribution is 2.42. The Hall–Kier alpha value is -2.70. The molecule has 2 aromatic heterocycles. The van der Waals surface area contributed by atoms with Gasteiger partial charge in [0.25, 0.3) is 0 Å². The predicted octanol–water partition coefficient (Wildman–Crippen LogP) is 3.42. The first-order valence-electron chi connectivity index (χ1n) is 11.6. The lowest BCUT2D eigenvalue weighted by Gasteiger charge is -2.43. The second-order valence-electron chi connectivity index (χ2n) is 9.22. The number of piperidine rings is 1. The highest BCUT2D eigenvalue weighted by Gasteiger charge is 2.42. The van der Waals surface area contributed by atoms with E-state index in [0.717, 1.165) is 30.6 Å². The Bertz CT molecular complexity index is 1040. The average Bonchev–Trinajstić information content (AvgIpc) is 3.29. The number of nitrogens with zero attached hydrogens (tertiary/aromatic N) is 3. The Balaban J connectivity index is 1.39. The molecule has 2 fully saturated rings. The molecule has 0 bridgehead atoms. The molecular weight excluding hydrogens is 402 g/mol. The molecule has 1 saturated heterocycles. The molecule has 5 rings (SSSR count). The Labute approximate surface area is 188 Å². The molecule has 3 atom stereocenters. The summed E-state index contributed by atoms with van der Waals surface area (Å²) in [6.07, 6.45) is 7.10. The molecule has 1 saturated carbocycles. The molecule has 168 valence electrons. The summed E-state index contributed by atoms with van der Waals surface area (Å²) in [5.41, 5.74) is 3.07. The first-order valence-corrected chi connectivity index (χ1v) is 11.6. The largest absolute Gasteiger partial charge is 0.390 e. The molecule has 1 N–H and O–H groups in total. The van der Waals surface area contributed by atoms with Crippen LogP contribution < -0.4 is 0 Å². The van der Waals surface area contributed by atoms with Crippen LogP contribution in [0, 0.1) is 5.92 Å². The van der Waals surface area contributed by atoms with Crippen LogP contribution in [0.1, 0.15) is 43.4 Å². The summed E-state index contributed by atoms with van der Waals surface area (Å²) in [5.74, 6) is 0.137. The number of rotatable bonds is 4. The third-order valence-corrected chi connectivity index (χ3v) is 7.52.